The van der Waals surface area contributed by atoms with Crippen molar-refractivity contribution >= 4 is 27.3 Å². The normalized spacial score (nSPS) is 13.1. The average molecular weight is 278 g/mol. The lowest BCUT2D eigenvalue weighted by molar-refractivity contribution is 0.147. The zero-order chi connectivity index (χ0) is 10.4. The van der Waals surface area contributed by atoms with Gasteiger partial charge in [0.25, 0.3) is 0 Å². The molecule has 1 N–H and O–H groups in total. The Labute approximate surface area is 97.8 Å². The van der Waals surface area contributed by atoms with Gasteiger partial charge in [-0.3, -0.25) is 0 Å². The third-order valence-electron chi connectivity index (χ3n) is 1.94. The molecule has 14 heavy (non-hydrogen) atoms. The van der Waals surface area contributed by atoms with Crippen LogP contribution in [0.2, 0.25) is 0 Å². The highest BCUT2D eigenvalue weighted by Gasteiger charge is 2.09. The molecule has 80 valence electrons. The summed E-state index contributed by atoms with van der Waals surface area (Å²) < 4.78 is 6.45. The highest BCUT2D eigenvalue weighted by molar-refractivity contribution is 9.10. The van der Waals surface area contributed by atoms with Crippen LogP contribution in [0.5, 0.6) is 0 Å². The number of thiophene rings is 1. The smallest absolute Gasteiger partial charge is 0.0590 e. The molecule has 1 aromatic rings. The topological polar surface area (TPSA) is 21.3 Å². The number of nitrogens with one attached hydrogen (secondary N) is 1. The molecule has 1 aromatic heterocycles. The Morgan fingerprint density at radius 2 is 2.43 bits per heavy atom. The van der Waals surface area contributed by atoms with Crippen molar-refractivity contribution in [2.75, 3.05) is 19.8 Å². The zero-order valence-corrected chi connectivity index (χ0v) is 11.0. The Morgan fingerprint density at radius 1 is 1.64 bits per heavy atom. The maximum Gasteiger partial charge on any atom is 0.0590 e. The van der Waals surface area contributed by atoms with Gasteiger partial charge in [0.1, 0.15) is 0 Å². The van der Waals surface area contributed by atoms with Crippen LogP contribution in [0.25, 0.3) is 0 Å². The largest absolute Gasteiger partial charge is 0.380 e. The molecule has 0 aromatic carbocycles. The summed E-state index contributed by atoms with van der Waals surface area (Å²) in [5, 5.41) is 5.51. The first-order valence-corrected chi connectivity index (χ1v) is 6.47. The predicted octanol–water partition coefficient (Wildman–Crippen LogP) is 3.20. The molecular formula is C10H16BrNOS. The van der Waals surface area contributed by atoms with E-state index in [2.05, 4.69) is 39.6 Å². The lowest BCUT2D eigenvalue weighted by Gasteiger charge is -2.12. The molecule has 0 aliphatic carbocycles. The van der Waals surface area contributed by atoms with E-state index < -0.39 is 0 Å². The van der Waals surface area contributed by atoms with Crippen molar-refractivity contribution in [1.82, 2.24) is 5.32 Å². The van der Waals surface area contributed by atoms with Crippen LogP contribution in [0.4, 0.5) is 0 Å². The minimum atomic E-state index is 0.393. The van der Waals surface area contributed by atoms with E-state index >= 15 is 0 Å². The van der Waals surface area contributed by atoms with Crippen LogP contribution in [-0.4, -0.2) is 19.8 Å². The molecule has 0 aliphatic heterocycles. The third-order valence-corrected chi connectivity index (χ3v) is 3.99. The fraction of sp³-hybridized carbons (Fsp3) is 0.600. The summed E-state index contributed by atoms with van der Waals surface area (Å²) in [7, 11) is 0. The summed E-state index contributed by atoms with van der Waals surface area (Å²) in [4.78, 5) is 1.35. The maximum absolute atomic E-state index is 5.26. The minimum absolute atomic E-state index is 0.393. The van der Waals surface area contributed by atoms with Gasteiger partial charge < -0.3 is 10.1 Å². The van der Waals surface area contributed by atoms with Gasteiger partial charge in [0, 0.05) is 28.5 Å². The van der Waals surface area contributed by atoms with Crippen LogP contribution < -0.4 is 5.32 Å². The molecule has 0 fully saturated rings. The van der Waals surface area contributed by atoms with Crippen molar-refractivity contribution in [1.29, 1.82) is 0 Å². The van der Waals surface area contributed by atoms with Crippen molar-refractivity contribution in [2.24, 2.45) is 0 Å². The number of hydrogen-bond donors (Lipinski definition) is 1. The van der Waals surface area contributed by atoms with Gasteiger partial charge in [-0.1, -0.05) is 0 Å². The van der Waals surface area contributed by atoms with Crippen molar-refractivity contribution in [3.05, 3.63) is 20.8 Å². The number of hydrogen-bond acceptors (Lipinski definition) is 3. The molecule has 1 unspecified atom stereocenters. The first-order valence-electron chi connectivity index (χ1n) is 4.79. The highest BCUT2D eigenvalue weighted by atomic mass is 79.9. The van der Waals surface area contributed by atoms with E-state index in [1.807, 2.05) is 6.92 Å². The third kappa shape index (κ3) is 3.69. The SMILES string of the molecule is CCOCCNC(C)c1sccc1Br. The molecule has 0 spiro atoms. The molecule has 0 radical (unpaired) electrons. The number of rotatable bonds is 6. The second kappa shape index (κ2) is 6.56. The number of ether oxygens (including phenoxy) is 1. The van der Waals surface area contributed by atoms with Gasteiger partial charge in [0.15, 0.2) is 0 Å². The lowest BCUT2D eigenvalue weighted by atomic mass is 10.3. The van der Waals surface area contributed by atoms with Gasteiger partial charge in [0.05, 0.1) is 6.61 Å². The van der Waals surface area contributed by atoms with E-state index in [1.54, 1.807) is 11.3 Å². The van der Waals surface area contributed by atoms with Crippen molar-refractivity contribution < 1.29 is 4.74 Å². The summed E-state index contributed by atoms with van der Waals surface area (Å²) in [6, 6.07) is 2.48. The molecule has 0 saturated heterocycles. The van der Waals surface area contributed by atoms with E-state index in [0.717, 1.165) is 19.8 Å². The molecule has 4 heteroatoms. The first kappa shape index (κ1) is 12.2. The molecule has 1 atom stereocenters. The Kier molecular flexibility index (Phi) is 5.70. The molecule has 1 heterocycles. The molecule has 0 aliphatic rings. The van der Waals surface area contributed by atoms with Crippen LogP contribution in [0.3, 0.4) is 0 Å². The lowest BCUT2D eigenvalue weighted by Crippen LogP contribution is -2.22. The van der Waals surface area contributed by atoms with E-state index in [0.29, 0.717) is 6.04 Å². The summed E-state index contributed by atoms with van der Waals surface area (Å²) in [6.07, 6.45) is 0. The van der Waals surface area contributed by atoms with Gasteiger partial charge in [-0.15, -0.1) is 11.3 Å². The monoisotopic (exact) mass is 277 g/mol. The Balaban J connectivity index is 2.28. The van der Waals surface area contributed by atoms with Gasteiger partial charge in [-0.25, -0.2) is 0 Å². The molecule has 1 rings (SSSR count). The van der Waals surface area contributed by atoms with Crippen molar-refractivity contribution in [3.63, 3.8) is 0 Å². The summed E-state index contributed by atoms with van der Waals surface area (Å²) >= 11 is 5.30. The molecule has 0 bridgehead atoms. The van der Waals surface area contributed by atoms with Gasteiger partial charge in [-0.2, -0.15) is 0 Å². The van der Waals surface area contributed by atoms with Gasteiger partial charge in [-0.05, 0) is 41.2 Å². The molecule has 2 nitrogen and oxygen atoms in total. The maximum atomic E-state index is 5.26. The molecule has 0 amide bonds. The summed E-state index contributed by atoms with van der Waals surface area (Å²) in [5.41, 5.74) is 0. The molecular weight excluding hydrogens is 262 g/mol. The van der Waals surface area contributed by atoms with E-state index in [4.69, 9.17) is 4.74 Å². The van der Waals surface area contributed by atoms with E-state index in [9.17, 15) is 0 Å². The highest BCUT2D eigenvalue weighted by Crippen LogP contribution is 2.28. The summed E-state index contributed by atoms with van der Waals surface area (Å²) in [5.74, 6) is 0. The predicted molar refractivity (Wildman–Crippen MR) is 64.9 cm³/mol. The van der Waals surface area contributed by atoms with E-state index in [-0.39, 0.29) is 0 Å². The van der Waals surface area contributed by atoms with Crippen molar-refractivity contribution in [3.8, 4) is 0 Å². The Hall–Kier alpha value is 0.100. The van der Waals surface area contributed by atoms with Crippen LogP contribution in [0.15, 0.2) is 15.9 Å². The Morgan fingerprint density at radius 3 is 3.00 bits per heavy atom. The quantitative estimate of drug-likeness (QED) is 0.807. The van der Waals surface area contributed by atoms with Crippen LogP contribution in [-0.2, 0) is 4.74 Å². The fourth-order valence-corrected chi connectivity index (χ4v) is 2.95. The van der Waals surface area contributed by atoms with Crippen LogP contribution in [0.1, 0.15) is 24.8 Å². The summed E-state index contributed by atoms with van der Waals surface area (Å²) in [6.45, 7) is 6.66. The molecule has 0 saturated carbocycles. The van der Waals surface area contributed by atoms with E-state index in [1.165, 1.54) is 9.35 Å². The number of halogens is 1. The second-order valence-corrected chi connectivity index (χ2v) is 4.81. The van der Waals surface area contributed by atoms with Gasteiger partial charge in [0.2, 0.25) is 0 Å². The fourth-order valence-electron chi connectivity index (χ4n) is 1.20. The van der Waals surface area contributed by atoms with Crippen molar-refractivity contribution in [2.45, 2.75) is 19.9 Å². The van der Waals surface area contributed by atoms with Crippen LogP contribution in [0, 0.1) is 0 Å². The average Bonchev–Trinajstić information content (AvgIpc) is 2.59. The first-order chi connectivity index (χ1) is 6.75. The zero-order valence-electron chi connectivity index (χ0n) is 8.55. The standard InChI is InChI=1S/C10H16BrNOS/c1-3-13-6-5-12-8(2)10-9(11)4-7-14-10/h4,7-8,12H,3,5-6H2,1-2H3. The van der Waals surface area contributed by atoms with Gasteiger partial charge >= 0.3 is 0 Å². The second-order valence-electron chi connectivity index (χ2n) is 3.01. The Bertz CT molecular complexity index is 264. The minimum Gasteiger partial charge on any atom is -0.380 e. The van der Waals surface area contributed by atoms with Crippen LogP contribution >= 0.6 is 27.3 Å².